The van der Waals surface area contributed by atoms with Gasteiger partial charge in [0.2, 0.25) is 0 Å². The van der Waals surface area contributed by atoms with Gasteiger partial charge in [0, 0.05) is 12.8 Å². The van der Waals surface area contributed by atoms with E-state index in [1.807, 2.05) is 26.0 Å². The fraction of sp³-hybridized carbons (Fsp3) is 0.611. The Balaban J connectivity index is 0.000000370. The molecule has 0 radical (unpaired) electrons. The first-order valence-corrected chi connectivity index (χ1v) is 7.73. The van der Waals surface area contributed by atoms with Crippen LogP contribution in [-0.2, 0) is 4.79 Å². The summed E-state index contributed by atoms with van der Waals surface area (Å²) < 4.78 is 0. The summed E-state index contributed by atoms with van der Waals surface area (Å²) in [7, 11) is 0. The number of aromatic hydroxyl groups is 1. The minimum absolute atomic E-state index is 0.399. The van der Waals surface area contributed by atoms with E-state index in [9.17, 15) is 9.90 Å². The van der Waals surface area contributed by atoms with E-state index in [4.69, 9.17) is 0 Å². The summed E-state index contributed by atoms with van der Waals surface area (Å²) in [6.45, 7) is 10.2. The summed E-state index contributed by atoms with van der Waals surface area (Å²) in [5.41, 5.74) is 2.13. The Morgan fingerprint density at radius 2 is 1.85 bits per heavy atom. The Kier molecular flexibility index (Phi) is 9.79. The Bertz CT molecular complexity index is 394. The summed E-state index contributed by atoms with van der Waals surface area (Å²) in [4.78, 5) is 10.7. The Morgan fingerprint density at radius 3 is 2.30 bits per heavy atom. The summed E-state index contributed by atoms with van der Waals surface area (Å²) >= 11 is 0. The number of carbonyl (C=O) groups excluding carboxylic acids is 1. The average Bonchev–Trinajstić information content (AvgIpc) is 2.39. The number of aryl methyl sites for hydroxylation is 1. The third kappa shape index (κ3) is 7.98. The standard InChI is InChI=1S/C10H14O.C8H16O/c1-7(2)9-5-4-8(3)6-10(9)11;1-3-5-6-7-8(9)4-2/h4-7,11H,1-3H3;3-7H2,1-2H3. The molecule has 1 rings (SSSR count). The molecule has 0 aliphatic carbocycles. The number of ketones is 1. The smallest absolute Gasteiger partial charge is 0.132 e. The highest BCUT2D eigenvalue weighted by atomic mass is 16.3. The van der Waals surface area contributed by atoms with Crippen molar-refractivity contribution in [3.05, 3.63) is 29.3 Å². The van der Waals surface area contributed by atoms with Gasteiger partial charge >= 0.3 is 0 Å². The number of hydrogen-bond donors (Lipinski definition) is 1. The van der Waals surface area contributed by atoms with Crippen LogP contribution in [0.3, 0.4) is 0 Å². The molecule has 0 aliphatic heterocycles. The molecule has 0 saturated carbocycles. The molecular formula is C18H30O2. The fourth-order valence-electron chi connectivity index (χ4n) is 1.89. The van der Waals surface area contributed by atoms with Gasteiger partial charge in [0.1, 0.15) is 11.5 Å². The number of hydrogen-bond acceptors (Lipinski definition) is 2. The molecule has 20 heavy (non-hydrogen) atoms. The van der Waals surface area contributed by atoms with Crippen molar-refractivity contribution >= 4 is 5.78 Å². The minimum atomic E-state index is 0.399. The van der Waals surface area contributed by atoms with Crippen LogP contribution in [0.2, 0.25) is 0 Å². The lowest BCUT2D eigenvalue weighted by atomic mass is 10.0. The van der Waals surface area contributed by atoms with Crippen LogP contribution in [0.4, 0.5) is 0 Å². The van der Waals surface area contributed by atoms with Crippen molar-refractivity contribution in [2.45, 2.75) is 72.6 Å². The molecule has 0 aromatic heterocycles. The van der Waals surface area contributed by atoms with Gasteiger partial charge < -0.3 is 5.11 Å². The Hall–Kier alpha value is -1.31. The highest BCUT2D eigenvalue weighted by Gasteiger charge is 2.03. The zero-order valence-electron chi connectivity index (χ0n) is 13.7. The van der Waals surface area contributed by atoms with Crippen molar-refractivity contribution in [2.75, 3.05) is 0 Å². The number of benzene rings is 1. The molecule has 114 valence electrons. The maximum atomic E-state index is 10.7. The van der Waals surface area contributed by atoms with Crippen molar-refractivity contribution in [3.8, 4) is 5.75 Å². The summed E-state index contributed by atoms with van der Waals surface area (Å²) in [5.74, 6) is 1.22. The number of carbonyl (C=O) groups is 1. The zero-order valence-corrected chi connectivity index (χ0v) is 13.7. The third-order valence-corrected chi connectivity index (χ3v) is 3.26. The van der Waals surface area contributed by atoms with Gasteiger partial charge in [-0.25, -0.2) is 0 Å². The molecule has 0 spiro atoms. The topological polar surface area (TPSA) is 37.3 Å². The lowest BCUT2D eigenvalue weighted by Crippen LogP contribution is -1.93. The van der Waals surface area contributed by atoms with Gasteiger partial charge in [-0.15, -0.1) is 0 Å². The first-order valence-electron chi connectivity index (χ1n) is 7.73. The molecule has 1 aromatic rings. The van der Waals surface area contributed by atoms with E-state index < -0.39 is 0 Å². The molecular weight excluding hydrogens is 248 g/mol. The quantitative estimate of drug-likeness (QED) is 0.710. The van der Waals surface area contributed by atoms with Crippen molar-refractivity contribution in [2.24, 2.45) is 0 Å². The largest absolute Gasteiger partial charge is 0.508 e. The monoisotopic (exact) mass is 278 g/mol. The van der Waals surface area contributed by atoms with E-state index in [0.717, 1.165) is 24.0 Å². The SMILES string of the molecule is CCCCCC(=O)CC.Cc1ccc(C(C)C)c(O)c1. The van der Waals surface area contributed by atoms with Crippen LogP contribution >= 0.6 is 0 Å². The van der Waals surface area contributed by atoms with Crippen LogP contribution in [0, 0.1) is 6.92 Å². The molecule has 0 amide bonds. The van der Waals surface area contributed by atoms with Crippen molar-refractivity contribution < 1.29 is 9.90 Å². The summed E-state index contributed by atoms with van der Waals surface area (Å²) in [6, 6.07) is 5.81. The second-order valence-corrected chi connectivity index (χ2v) is 5.57. The van der Waals surface area contributed by atoms with Crippen molar-refractivity contribution in [1.29, 1.82) is 0 Å². The maximum absolute atomic E-state index is 10.7. The highest BCUT2D eigenvalue weighted by molar-refractivity contribution is 5.77. The predicted molar refractivity (Wildman–Crippen MR) is 86.4 cm³/mol. The number of unbranched alkanes of at least 4 members (excludes halogenated alkanes) is 2. The fourth-order valence-corrected chi connectivity index (χ4v) is 1.89. The van der Waals surface area contributed by atoms with Crippen LogP contribution in [0.1, 0.15) is 76.8 Å². The minimum Gasteiger partial charge on any atom is -0.508 e. The Labute approximate surface area is 124 Å². The van der Waals surface area contributed by atoms with Gasteiger partial charge in [-0.2, -0.15) is 0 Å². The van der Waals surface area contributed by atoms with E-state index in [-0.39, 0.29) is 0 Å². The Morgan fingerprint density at radius 1 is 1.20 bits per heavy atom. The van der Waals surface area contributed by atoms with Crippen LogP contribution < -0.4 is 0 Å². The molecule has 0 bridgehead atoms. The van der Waals surface area contributed by atoms with Gasteiger partial charge in [-0.1, -0.05) is 52.7 Å². The first kappa shape index (κ1) is 18.7. The van der Waals surface area contributed by atoms with Crippen molar-refractivity contribution in [3.63, 3.8) is 0 Å². The van der Waals surface area contributed by atoms with Gasteiger partial charge in [-0.05, 0) is 36.5 Å². The molecule has 0 atom stereocenters. The van der Waals surface area contributed by atoms with E-state index in [2.05, 4.69) is 20.8 Å². The molecule has 0 aliphatic rings. The van der Waals surface area contributed by atoms with Gasteiger partial charge in [-0.3, -0.25) is 4.79 Å². The summed E-state index contributed by atoms with van der Waals surface area (Å²) in [5, 5.41) is 9.46. The molecule has 0 fully saturated rings. The van der Waals surface area contributed by atoms with Crippen molar-refractivity contribution in [1.82, 2.24) is 0 Å². The molecule has 2 nitrogen and oxygen atoms in total. The van der Waals surface area contributed by atoms with Gasteiger partial charge in [0.15, 0.2) is 0 Å². The van der Waals surface area contributed by atoms with E-state index in [0.29, 0.717) is 23.9 Å². The normalized spacial score (nSPS) is 10.1. The van der Waals surface area contributed by atoms with Gasteiger partial charge in [0.25, 0.3) is 0 Å². The molecule has 1 N–H and O–H groups in total. The van der Waals surface area contributed by atoms with E-state index >= 15 is 0 Å². The number of phenolic OH excluding ortho intramolecular Hbond substituents is 1. The van der Waals surface area contributed by atoms with E-state index in [1.54, 1.807) is 6.07 Å². The second-order valence-electron chi connectivity index (χ2n) is 5.57. The predicted octanol–water partition coefficient (Wildman–Crippen LogP) is 5.37. The lowest BCUT2D eigenvalue weighted by Gasteiger charge is -2.07. The molecule has 0 heterocycles. The lowest BCUT2D eigenvalue weighted by molar-refractivity contribution is -0.118. The highest BCUT2D eigenvalue weighted by Crippen LogP contribution is 2.25. The molecule has 0 unspecified atom stereocenters. The first-order chi connectivity index (χ1) is 9.42. The third-order valence-electron chi connectivity index (χ3n) is 3.26. The van der Waals surface area contributed by atoms with Crippen LogP contribution in [0.25, 0.3) is 0 Å². The zero-order chi connectivity index (χ0) is 15.5. The molecule has 0 saturated heterocycles. The average molecular weight is 278 g/mol. The van der Waals surface area contributed by atoms with E-state index in [1.165, 1.54) is 12.8 Å². The number of Topliss-reactive ketones (excluding diaryl/α,β-unsaturated/α-hetero) is 1. The molecule has 1 aromatic carbocycles. The van der Waals surface area contributed by atoms with Crippen LogP contribution in [0.5, 0.6) is 5.75 Å². The number of phenols is 1. The van der Waals surface area contributed by atoms with Crippen LogP contribution in [-0.4, -0.2) is 10.9 Å². The number of rotatable bonds is 6. The van der Waals surface area contributed by atoms with Crippen LogP contribution in [0.15, 0.2) is 18.2 Å². The maximum Gasteiger partial charge on any atom is 0.132 e. The second kappa shape index (κ2) is 10.5. The van der Waals surface area contributed by atoms with Gasteiger partial charge in [0.05, 0.1) is 0 Å². The summed E-state index contributed by atoms with van der Waals surface area (Å²) in [6.07, 6.45) is 5.00. The molecule has 2 heteroatoms.